The topological polar surface area (TPSA) is 68.4 Å². The largest absolute Gasteiger partial charge is 0.479 e. The van der Waals surface area contributed by atoms with E-state index in [0.29, 0.717) is 28.1 Å². The average Bonchev–Trinajstić information content (AvgIpc) is 3.28. The van der Waals surface area contributed by atoms with Crippen molar-refractivity contribution in [2.24, 2.45) is 0 Å². The minimum atomic E-state index is -0.559. The summed E-state index contributed by atoms with van der Waals surface area (Å²) in [5.41, 5.74) is 2.69. The number of methoxy groups -OCH3 is 1. The molecular weight excluding hydrogens is 438 g/mol. The lowest BCUT2D eigenvalue weighted by Crippen LogP contribution is -2.13. The van der Waals surface area contributed by atoms with E-state index in [2.05, 4.69) is 20.2 Å². The Bertz CT molecular complexity index is 1490. The second-order valence-electron chi connectivity index (χ2n) is 7.04. The van der Waals surface area contributed by atoms with Gasteiger partial charge in [0.2, 0.25) is 5.88 Å². The molecular formula is C22H15ClF2N6O. The van der Waals surface area contributed by atoms with E-state index < -0.39 is 11.6 Å². The third-order valence-electron chi connectivity index (χ3n) is 5.16. The summed E-state index contributed by atoms with van der Waals surface area (Å²) in [6, 6.07) is 11.6. The van der Waals surface area contributed by atoms with E-state index in [-0.39, 0.29) is 10.9 Å². The molecule has 0 aliphatic rings. The van der Waals surface area contributed by atoms with E-state index in [1.165, 1.54) is 37.8 Å². The van der Waals surface area contributed by atoms with Crippen molar-refractivity contribution >= 4 is 39.8 Å². The first-order valence-electron chi connectivity index (χ1n) is 9.48. The zero-order chi connectivity index (χ0) is 22.4. The fourth-order valence-corrected chi connectivity index (χ4v) is 3.71. The number of nitrogens with zero attached hydrogens (tertiary/aromatic N) is 6. The van der Waals surface area contributed by atoms with Crippen molar-refractivity contribution in [1.29, 1.82) is 0 Å². The van der Waals surface area contributed by atoms with Crippen molar-refractivity contribution in [3.63, 3.8) is 0 Å². The fourth-order valence-electron chi connectivity index (χ4n) is 3.55. The van der Waals surface area contributed by atoms with Crippen LogP contribution < -0.4 is 9.64 Å². The van der Waals surface area contributed by atoms with Crippen molar-refractivity contribution in [3.8, 4) is 17.0 Å². The number of hydrogen-bond acceptors (Lipinski definition) is 6. The molecule has 2 aromatic carbocycles. The number of pyridine rings is 1. The molecule has 0 saturated heterocycles. The Kier molecular flexibility index (Phi) is 4.82. The number of halogens is 3. The van der Waals surface area contributed by atoms with Crippen LogP contribution in [0.2, 0.25) is 5.02 Å². The van der Waals surface area contributed by atoms with Gasteiger partial charge in [-0.2, -0.15) is 4.98 Å². The van der Waals surface area contributed by atoms with Gasteiger partial charge < -0.3 is 9.64 Å². The number of aromatic nitrogens is 5. The Morgan fingerprint density at radius 1 is 1.06 bits per heavy atom. The minimum Gasteiger partial charge on any atom is -0.479 e. The summed E-state index contributed by atoms with van der Waals surface area (Å²) in [7, 11) is 3.16. The molecule has 5 rings (SSSR count). The first kappa shape index (κ1) is 20.1. The first-order valence-corrected chi connectivity index (χ1v) is 9.86. The van der Waals surface area contributed by atoms with Crippen LogP contribution in [0.3, 0.4) is 0 Å². The smallest absolute Gasteiger partial charge is 0.257 e. The third-order valence-corrected chi connectivity index (χ3v) is 5.45. The highest BCUT2D eigenvalue weighted by molar-refractivity contribution is 6.31. The second-order valence-corrected chi connectivity index (χ2v) is 7.45. The Morgan fingerprint density at radius 2 is 1.91 bits per heavy atom. The van der Waals surface area contributed by atoms with E-state index in [1.54, 1.807) is 16.3 Å². The van der Waals surface area contributed by atoms with E-state index in [1.807, 2.05) is 24.3 Å². The van der Waals surface area contributed by atoms with Crippen LogP contribution >= 0.6 is 11.6 Å². The van der Waals surface area contributed by atoms with Gasteiger partial charge in [0.15, 0.2) is 5.82 Å². The van der Waals surface area contributed by atoms with E-state index in [9.17, 15) is 8.78 Å². The van der Waals surface area contributed by atoms with Crippen molar-refractivity contribution in [2.75, 3.05) is 19.1 Å². The summed E-state index contributed by atoms with van der Waals surface area (Å²) in [4.78, 5) is 10.4. The summed E-state index contributed by atoms with van der Waals surface area (Å²) < 4.78 is 35.0. The zero-order valence-corrected chi connectivity index (χ0v) is 17.7. The highest BCUT2D eigenvalue weighted by Gasteiger charge is 2.17. The molecule has 0 aliphatic carbocycles. The quantitative estimate of drug-likeness (QED) is 0.380. The van der Waals surface area contributed by atoms with Crippen molar-refractivity contribution in [1.82, 2.24) is 24.6 Å². The molecule has 3 heterocycles. The third kappa shape index (κ3) is 3.27. The number of benzene rings is 2. The molecule has 0 bridgehead atoms. The van der Waals surface area contributed by atoms with Crippen molar-refractivity contribution in [3.05, 3.63) is 71.6 Å². The zero-order valence-electron chi connectivity index (χ0n) is 16.9. The lowest BCUT2D eigenvalue weighted by atomic mass is 10.1. The van der Waals surface area contributed by atoms with Crippen LogP contribution in [0.25, 0.3) is 27.8 Å². The maximum atomic E-state index is 14.3. The van der Waals surface area contributed by atoms with E-state index in [4.69, 9.17) is 16.3 Å². The molecule has 0 N–H and O–H groups in total. The Labute approximate surface area is 185 Å². The van der Waals surface area contributed by atoms with Gasteiger partial charge >= 0.3 is 0 Å². The summed E-state index contributed by atoms with van der Waals surface area (Å²) in [5, 5.41) is 8.44. The number of hydrogen-bond donors (Lipinski definition) is 0. The fraction of sp³-hybridized carbons (Fsp3) is 0.0909. The number of ether oxygens (including phenoxy) is 1. The normalized spacial score (nSPS) is 11.3. The predicted molar refractivity (Wildman–Crippen MR) is 118 cm³/mol. The molecule has 5 aromatic rings. The van der Waals surface area contributed by atoms with Crippen LogP contribution in [0.1, 0.15) is 0 Å². The van der Waals surface area contributed by atoms with Gasteiger partial charge in [0.1, 0.15) is 18.0 Å². The molecule has 0 atom stereocenters. The van der Waals surface area contributed by atoms with E-state index in [0.717, 1.165) is 11.3 Å². The number of rotatable bonds is 4. The predicted octanol–water partition coefficient (Wildman–Crippen LogP) is 5.05. The van der Waals surface area contributed by atoms with Crippen LogP contribution in [0.5, 0.6) is 5.88 Å². The van der Waals surface area contributed by atoms with Crippen molar-refractivity contribution < 1.29 is 13.5 Å². The lowest BCUT2D eigenvalue weighted by molar-refractivity contribution is 0.369. The summed E-state index contributed by atoms with van der Waals surface area (Å²) >= 11 is 6.02. The molecule has 0 aliphatic heterocycles. The SMILES string of the molecule is COc1ncc(-c2cccc(N(C)c3nc4nncn4c4cc(Cl)c(F)cc34)c2)cc1F. The van der Waals surface area contributed by atoms with Crippen LogP contribution in [-0.4, -0.2) is 38.7 Å². The molecule has 0 radical (unpaired) electrons. The Balaban J connectivity index is 1.64. The van der Waals surface area contributed by atoms with Gasteiger partial charge in [-0.15, -0.1) is 10.2 Å². The molecule has 7 nitrogen and oxygen atoms in total. The summed E-state index contributed by atoms with van der Waals surface area (Å²) in [6.07, 6.45) is 3.03. The van der Waals surface area contributed by atoms with Gasteiger partial charge in [0.05, 0.1) is 17.6 Å². The standard InChI is InChI=1S/C22H15ClF2N6O/c1-30(14-5-3-4-12(6-14)13-7-18(25)21(32-2)26-10-13)20-15-8-17(24)16(23)9-19(15)31-11-27-29-22(31)28-20/h3-11H,1-2H3. The van der Waals surface area contributed by atoms with Crippen LogP contribution in [0.15, 0.2) is 55.0 Å². The first-order chi connectivity index (χ1) is 15.5. The van der Waals surface area contributed by atoms with Crippen LogP contribution in [0, 0.1) is 11.6 Å². The maximum absolute atomic E-state index is 14.3. The highest BCUT2D eigenvalue weighted by atomic mass is 35.5. The van der Waals surface area contributed by atoms with Gasteiger partial charge in [-0.25, -0.2) is 13.8 Å². The highest BCUT2D eigenvalue weighted by Crippen LogP contribution is 2.34. The van der Waals surface area contributed by atoms with E-state index >= 15 is 0 Å². The van der Waals surface area contributed by atoms with Gasteiger partial charge in [-0.05, 0) is 35.9 Å². The average molecular weight is 453 g/mol. The monoisotopic (exact) mass is 452 g/mol. The minimum absolute atomic E-state index is 0.0108. The van der Waals surface area contributed by atoms with Crippen LogP contribution in [-0.2, 0) is 0 Å². The molecule has 0 unspecified atom stereocenters. The number of fused-ring (bicyclic) bond motifs is 3. The van der Waals surface area contributed by atoms with Crippen LogP contribution in [0.4, 0.5) is 20.3 Å². The van der Waals surface area contributed by atoms with Crippen molar-refractivity contribution in [2.45, 2.75) is 0 Å². The van der Waals surface area contributed by atoms with Gasteiger partial charge in [-0.3, -0.25) is 4.40 Å². The molecule has 32 heavy (non-hydrogen) atoms. The molecule has 10 heteroatoms. The molecule has 3 aromatic heterocycles. The lowest BCUT2D eigenvalue weighted by Gasteiger charge is -2.21. The Hall–Kier alpha value is -3.85. The second kappa shape index (κ2) is 7.69. The molecule has 0 saturated carbocycles. The molecule has 160 valence electrons. The number of anilines is 2. The summed E-state index contributed by atoms with van der Waals surface area (Å²) in [6.45, 7) is 0. The molecule has 0 amide bonds. The summed E-state index contributed by atoms with van der Waals surface area (Å²) in [5.74, 6) is -0.371. The van der Waals surface area contributed by atoms with Gasteiger partial charge in [-0.1, -0.05) is 23.7 Å². The van der Waals surface area contributed by atoms with Gasteiger partial charge in [0.25, 0.3) is 5.78 Å². The molecule has 0 spiro atoms. The Morgan fingerprint density at radius 3 is 2.69 bits per heavy atom. The maximum Gasteiger partial charge on any atom is 0.257 e. The van der Waals surface area contributed by atoms with Gasteiger partial charge in [0, 0.05) is 29.9 Å². The molecule has 0 fully saturated rings.